The molecular weight excluding hydrogens is 241 g/mol. The van der Waals surface area contributed by atoms with Crippen LogP contribution in [0.2, 0.25) is 19.6 Å². The van der Waals surface area contributed by atoms with Crippen molar-refractivity contribution in [2.24, 2.45) is 0 Å². The molecular formula is C15H22FNSi. The molecule has 0 radical (unpaired) electrons. The molecule has 3 heteroatoms. The first-order valence-electron chi connectivity index (χ1n) is 6.71. The van der Waals surface area contributed by atoms with Crippen molar-refractivity contribution in [3.63, 3.8) is 0 Å². The van der Waals surface area contributed by atoms with Crippen LogP contribution in [0.25, 0.3) is 10.9 Å². The van der Waals surface area contributed by atoms with Gasteiger partial charge in [0.05, 0.1) is 5.52 Å². The lowest BCUT2D eigenvalue weighted by molar-refractivity contribution is 0.638. The van der Waals surface area contributed by atoms with Gasteiger partial charge in [0, 0.05) is 17.2 Å². The van der Waals surface area contributed by atoms with Gasteiger partial charge in [0.25, 0.3) is 0 Å². The number of benzene rings is 1. The summed E-state index contributed by atoms with van der Waals surface area (Å²) in [6, 6.07) is 6.13. The molecule has 0 unspecified atom stereocenters. The molecule has 1 heterocycles. The van der Waals surface area contributed by atoms with Crippen LogP contribution in [0.4, 0.5) is 4.39 Å². The van der Waals surface area contributed by atoms with Gasteiger partial charge in [0.2, 0.25) is 0 Å². The van der Waals surface area contributed by atoms with Gasteiger partial charge in [-0.05, 0) is 25.0 Å². The zero-order chi connectivity index (χ0) is 13.5. The summed E-state index contributed by atoms with van der Waals surface area (Å²) in [5, 5.41) is 1.81. The quantitative estimate of drug-likeness (QED) is 0.740. The van der Waals surface area contributed by atoms with Crippen LogP contribution in [0.15, 0.2) is 18.2 Å². The first-order valence-corrected chi connectivity index (χ1v) is 10.2. The van der Waals surface area contributed by atoms with E-state index in [0.717, 1.165) is 34.7 Å². The van der Waals surface area contributed by atoms with E-state index in [-0.39, 0.29) is 5.82 Å². The molecule has 0 atom stereocenters. The molecule has 1 aromatic heterocycles. The second-order valence-electron chi connectivity index (χ2n) is 5.82. The fraction of sp³-hybridized carbons (Fsp3) is 0.467. The Kier molecular flexibility index (Phi) is 3.36. The molecule has 0 fully saturated rings. The highest BCUT2D eigenvalue weighted by atomic mass is 28.3. The lowest BCUT2D eigenvalue weighted by atomic mass is 10.1. The van der Waals surface area contributed by atoms with Crippen molar-refractivity contribution in [1.29, 1.82) is 0 Å². The number of fused-ring (bicyclic) bond motifs is 1. The predicted molar refractivity (Wildman–Crippen MR) is 79.9 cm³/mol. The number of hydrogen-bond acceptors (Lipinski definition) is 0. The molecule has 2 rings (SSSR count). The maximum atomic E-state index is 14.8. The highest BCUT2D eigenvalue weighted by Crippen LogP contribution is 2.25. The molecule has 1 nitrogen and oxygen atoms in total. The maximum Gasteiger partial charge on any atom is 0.147 e. The summed E-state index contributed by atoms with van der Waals surface area (Å²) in [6.07, 6.45) is 0.882. The summed E-state index contributed by atoms with van der Waals surface area (Å²) in [7, 11) is -1.67. The zero-order valence-electron chi connectivity index (χ0n) is 12.0. The van der Waals surface area contributed by atoms with E-state index in [2.05, 4.69) is 38.1 Å². The Bertz CT molecular complexity index is 578. The Morgan fingerprint density at radius 2 is 1.83 bits per heavy atom. The van der Waals surface area contributed by atoms with Crippen molar-refractivity contribution < 1.29 is 4.39 Å². The van der Waals surface area contributed by atoms with Gasteiger partial charge in [-0.2, -0.15) is 0 Å². The van der Waals surface area contributed by atoms with Gasteiger partial charge in [-0.1, -0.05) is 38.7 Å². The van der Waals surface area contributed by atoms with Crippen LogP contribution in [0.3, 0.4) is 0 Å². The minimum absolute atomic E-state index is 0.0310. The van der Waals surface area contributed by atoms with Gasteiger partial charge >= 0.3 is 0 Å². The van der Waals surface area contributed by atoms with Gasteiger partial charge in [0.1, 0.15) is 13.9 Å². The molecule has 0 spiro atoms. The normalized spacial score (nSPS) is 12.3. The SMILES string of the molecule is CCc1cccc2c1c(F)c([Si](C)(C)C)n2CC. The van der Waals surface area contributed by atoms with E-state index < -0.39 is 8.07 Å². The second-order valence-corrected chi connectivity index (χ2v) is 10.8. The average Bonchev–Trinajstić information content (AvgIpc) is 2.61. The van der Waals surface area contributed by atoms with Crippen LogP contribution < -0.4 is 5.32 Å². The highest BCUT2D eigenvalue weighted by molar-refractivity contribution is 6.88. The molecule has 0 saturated carbocycles. The third kappa shape index (κ3) is 1.90. The van der Waals surface area contributed by atoms with Crippen LogP contribution in [-0.4, -0.2) is 12.6 Å². The summed E-state index contributed by atoms with van der Waals surface area (Å²) in [4.78, 5) is 0. The Morgan fingerprint density at radius 1 is 1.17 bits per heavy atom. The fourth-order valence-electron chi connectivity index (χ4n) is 2.78. The molecule has 0 aliphatic heterocycles. The number of rotatable bonds is 3. The smallest absolute Gasteiger partial charge is 0.147 e. The first-order chi connectivity index (χ1) is 8.41. The molecule has 1 aromatic carbocycles. The van der Waals surface area contributed by atoms with Crippen LogP contribution in [0.5, 0.6) is 0 Å². The number of halogens is 1. The number of nitrogens with zero attached hydrogens (tertiary/aromatic N) is 1. The molecule has 18 heavy (non-hydrogen) atoms. The Hall–Kier alpha value is -1.09. The van der Waals surface area contributed by atoms with Crippen molar-refractivity contribution >= 4 is 24.3 Å². The Morgan fingerprint density at radius 3 is 2.33 bits per heavy atom. The van der Waals surface area contributed by atoms with E-state index in [0.29, 0.717) is 0 Å². The molecule has 0 aliphatic carbocycles. The van der Waals surface area contributed by atoms with Gasteiger partial charge in [-0.15, -0.1) is 0 Å². The topological polar surface area (TPSA) is 4.93 Å². The first kappa shape index (κ1) is 13.3. The van der Waals surface area contributed by atoms with Crippen LogP contribution in [0, 0.1) is 5.82 Å². The number of aromatic nitrogens is 1. The van der Waals surface area contributed by atoms with E-state index in [1.165, 1.54) is 0 Å². The summed E-state index contributed by atoms with van der Waals surface area (Å²) >= 11 is 0. The molecule has 0 bridgehead atoms. The van der Waals surface area contributed by atoms with E-state index in [1.807, 2.05) is 18.2 Å². The minimum atomic E-state index is -1.67. The molecule has 0 aliphatic rings. The van der Waals surface area contributed by atoms with Crippen LogP contribution in [0.1, 0.15) is 19.4 Å². The number of aryl methyl sites for hydroxylation is 2. The highest BCUT2D eigenvalue weighted by Gasteiger charge is 2.28. The van der Waals surface area contributed by atoms with E-state index in [4.69, 9.17) is 0 Å². The molecule has 2 aromatic rings. The van der Waals surface area contributed by atoms with E-state index >= 15 is 0 Å². The summed E-state index contributed by atoms with van der Waals surface area (Å²) in [5.74, 6) is 0.0310. The van der Waals surface area contributed by atoms with E-state index in [1.54, 1.807) is 0 Å². The molecule has 0 saturated heterocycles. The number of hydrogen-bond donors (Lipinski definition) is 0. The minimum Gasteiger partial charge on any atom is -0.346 e. The van der Waals surface area contributed by atoms with Crippen molar-refractivity contribution in [2.75, 3.05) is 0 Å². The Labute approximate surface area is 110 Å². The van der Waals surface area contributed by atoms with Crippen LogP contribution in [-0.2, 0) is 13.0 Å². The van der Waals surface area contributed by atoms with E-state index in [9.17, 15) is 4.39 Å². The summed E-state index contributed by atoms with van der Waals surface area (Å²) in [5.41, 5.74) is 2.18. The Balaban J connectivity index is 2.92. The van der Waals surface area contributed by atoms with Crippen LogP contribution >= 0.6 is 0 Å². The zero-order valence-corrected chi connectivity index (χ0v) is 13.0. The average molecular weight is 263 g/mol. The molecule has 0 amide bonds. The van der Waals surface area contributed by atoms with Crippen molar-refractivity contribution in [2.45, 2.75) is 46.5 Å². The second kappa shape index (κ2) is 4.54. The van der Waals surface area contributed by atoms with Gasteiger partial charge < -0.3 is 4.57 Å². The third-order valence-corrected chi connectivity index (χ3v) is 5.43. The van der Waals surface area contributed by atoms with Gasteiger partial charge in [0.15, 0.2) is 0 Å². The van der Waals surface area contributed by atoms with Crippen molar-refractivity contribution in [3.8, 4) is 0 Å². The van der Waals surface area contributed by atoms with Crippen molar-refractivity contribution in [3.05, 3.63) is 29.6 Å². The lowest BCUT2D eigenvalue weighted by Gasteiger charge is -2.19. The summed E-state index contributed by atoms with van der Waals surface area (Å²) in [6.45, 7) is 11.7. The third-order valence-electron chi connectivity index (χ3n) is 3.52. The maximum absolute atomic E-state index is 14.8. The van der Waals surface area contributed by atoms with Gasteiger partial charge in [-0.3, -0.25) is 0 Å². The van der Waals surface area contributed by atoms with Crippen molar-refractivity contribution in [1.82, 2.24) is 4.57 Å². The standard InChI is InChI=1S/C15H22FNSi/c1-6-11-9-8-10-12-13(11)14(16)15(17(12)7-2)18(3,4)5/h8-10H,6-7H2,1-5H3. The monoisotopic (exact) mass is 263 g/mol. The predicted octanol–water partition coefficient (Wildman–Crippen LogP) is 3.91. The molecule has 0 N–H and O–H groups in total. The van der Waals surface area contributed by atoms with Gasteiger partial charge in [-0.25, -0.2) is 4.39 Å². The largest absolute Gasteiger partial charge is 0.346 e. The summed E-state index contributed by atoms with van der Waals surface area (Å²) < 4.78 is 17.0. The lowest BCUT2D eigenvalue weighted by Crippen LogP contribution is -2.44. The molecule has 98 valence electrons. The fourth-order valence-corrected chi connectivity index (χ4v) is 4.65.